The number of aromatic nitrogens is 1. The summed E-state index contributed by atoms with van der Waals surface area (Å²) in [6, 6.07) is -0.510. The van der Waals surface area contributed by atoms with Gasteiger partial charge in [-0.2, -0.15) is 8.42 Å². The molecule has 0 aliphatic rings. The molecule has 0 bridgehead atoms. The fraction of sp³-hybridized carbons (Fsp3) is 0.500. The fourth-order valence-corrected chi connectivity index (χ4v) is 2.08. The summed E-state index contributed by atoms with van der Waals surface area (Å²) >= 11 is 0. The second kappa shape index (κ2) is 6.76. The summed E-state index contributed by atoms with van der Waals surface area (Å²) in [5.41, 5.74) is 10.8. The number of carbonyl (C=O) groups excluding carboxylic acids is 1. The fourth-order valence-electron chi connectivity index (χ4n) is 1.51. The molecule has 0 fully saturated rings. The molecule has 0 radical (unpaired) electrons. The molecule has 0 unspecified atom stereocenters. The smallest absolute Gasteiger partial charge is 0.349 e. The lowest BCUT2D eigenvalue weighted by atomic mass is 10.1. The average molecular weight is 323 g/mol. The van der Waals surface area contributed by atoms with Gasteiger partial charge in [-0.3, -0.25) is 4.55 Å². The van der Waals surface area contributed by atoms with Crippen molar-refractivity contribution in [2.75, 3.05) is 6.54 Å². The maximum atomic E-state index is 11.6. The van der Waals surface area contributed by atoms with Gasteiger partial charge >= 0.3 is 5.97 Å². The van der Waals surface area contributed by atoms with E-state index in [1.54, 1.807) is 0 Å². The van der Waals surface area contributed by atoms with E-state index in [9.17, 15) is 23.4 Å². The van der Waals surface area contributed by atoms with Crippen molar-refractivity contribution >= 4 is 16.1 Å². The highest BCUT2D eigenvalue weighted by Crippen LogP contribution is 2.29. The summed E-state index contributed by atoms with van der Waals surface area (Å²) in [4.78, 5) is 15.2. The zero-order valence-electron chi connectivity index (χ0n) is 11.0. The third-order valence-corrected chi connectivity index (χ3v) is 3.47. The number of aromatic hydroxyl groups is 2. The Hall–Kier alpha value is -1.82. The molecule has 7 N–H and O–H groups in total. The van der Waals surface area contributed by atoms with Crippen molar-refractivity contribution in [3.05, 3.63) is 6.07 Å². The normalized spacial score (nSPS) is 13.1. The second-order valence-corrected chi connectivity index (χ2v) is 5.65. The Morgan fingerprint density at radius 3 is 2.48 bits per heavy atom. The summed E-state index contributed by atoms with van der Waals surface area (Å²) in [7, 11) is -4.78. The van der Waals surface area contributed by atoms with E-state index in [1.165, 1.54) is 0 Å². The molecule has 1 rings (SSSR count). The van der Waals surface area contributed by atoms with Crippen LogP contribution in [0.1, 0.15) is 19.3 Å². The molecule has 21 heavy (non-hydrogen) atoms. The van der Waals surface area contributed by atoms with Crippen molar-refractivity contribution in [2.24, 2.45) is 11.5 Å². The van der Waals surface area contributed by atoms with Crippen LogP contribution in [-0.4, -0.2) is 46.5 Å². The van der Waals surface area contributed by atoms with Gasteiger partial charge < -0.3 is 26.5 Å². The van der Waals surface area contributed by atoms with Crippen LogP contribution in [0.3, 0.4) is 0 Å². The maximum Gasteiger partial charge on any atom is 0.349 e. The first kappa shape index (κ1) is 17.2. The van der Waals surface area contributed by atoms with Gasteiger partial charge in [0.25, 0.3) is 16.0 Å². The van der Waals surface area contributed by atoms with E-state index in [1.807, 2.05) is 0 Å². The van der Waals surface area contributed by atoms with Crippen molar-refractivity contribution in [3.8, 4) is 11.8 Å². The SMILES string of the molecule is NCCCC[C@H](N)C(=O)On1c(O)cc(S(=O)(=O)O)c1O. The van der Waals surface area contributed by atoms with E-state index in [4.69, 9.17) is 16.0 Å². The van der Waals surface area contributed by atoms with E-state index >= 15 is 0 Å². The first-order valence-corrected chi connectivity index (χ1v) is 7.41. The topological polar surface area (TPSA) is 178 Å². The summed E-state index contributed by atoms with van der Waals surface area (Å²) < 4.78 is 30.8. The lowest BCUT2D eigenvalue weighted by molar-refractivity contribution is -0.147. The van der Waals surface area contributed by atoms with Gasteiger partial charge in [0.1, 0.15) is 6.04 Å². The van der Waals surface area contributed by atoms with Gasteiger partial charge in [-0.1, -0.05) is 6.42 Å². The molecule has 1 aromatic heterocycles. The first-order valence-electron chi connectivity index (χ1n) is 5.97. The summed E-state index contributed by atoms with van der Waals surface area (Å²) in [5.74, 6) is -3.02. The molecule has 0 aliphatic carbocycles. The second-order valence-electron chi connectivity index (χ2n) is 4.26. The van der Waals surface area contributed by atoms with E-state index in [2.05, 4.69) is 4.84 Å². The largest absolute Gasteiger partial charge is 0.492 e. The van der Waals surface area contributed by atoms with Gasteiger partial charge in [-0.25, -0.2) is 4.79 Å². The van der Waals surface area contributed by atoms with Crippen LogP contribution in [0.25, 0.3) is 0 Å². The van der Waals surface area contributed by atoms with Crippen LogP contribution < -0.4 is 16.3 Å². The summed E-state index contributed by atoms with van der Waals surface area (Å²) in [6.45, 7) is 0.443. The van der Waals surface area contributed by atoms with Crippen molar-refractivity contribution < 1.29 is 32.8 Å². The molecule has 120 valence electrons. The number of hydrogen-bond acceptors (Lipinski definition) is 8. The minimum absolute atomic E-state index is 0.161. The number of unbranched alkanes of at least 4 members (excludes halogenated alkanes) is 1. The zero-order valence-corrected chi connectivity index (χ0v) is 11.8. The highest BCUT2D eigenvalue weighted by Gasteiger charge is 2.27. The van der Waals surface area contributed by atoms with E-state index in [-0.39, 0.29) is 11.2 Å². The molecule has 11 heteroatoms. The van der Waals surface area contributed by atoms with Gasteiger partial charge in [0.15, 0.2) is 4.90 Å². The number of nitrogens with two attached hydrogens (primary N) is 2. The third kappa shape index (κ3) is 4.32. The quantitative estimate of drug-likeness (QED) is 0.296. The molecule has 0 aliphatic heterocycles. The van der Waals surface area contributed by atoms with Crippen LogP contribution >= 0.6 is 0 Å². The molecule has 1 heterocycles. The highest BCUT2D eigenvalue weighted by molar-refractivity contribution is 7.86. The van der Waals surface area contributed by atoms with E-state index < -0.39 is 38.8 Å². The number of hydrogen-bond donors (Lipinski definition) is 5. The Kier molecular flexibility index (Phi) is 5.54. The van der Waals surface area contributed by atoms with Crippen LogP contribution in [0.4, 0.5) is 0 Å². The molecular weight excluding hydrogens is 306 g/mol. The highest BCUT2D eigenvalue weighted by atomic mass is 32.2. The predicted octanol–water partition coefficient (Wildman–Crippen LogP) is -1.44. The number of nitrogens with zero attached hydrogens (tertiary/aromatic N) is 1. The minimum atomic E-state index is -4.78. The molecule has 10 nitrogen and oxygen atoms in total. The lowest BCUT2D eigenvalue weighted by Gasteiger charge is -2.12. The number of rotatable bonds is 7. The number of carbonyl (C=O) groups is 1. The van der Waals surface area contributed by atoms with Gasteiger partial charge in [-0.05, 0) is 19.4 Å². The maximum absolute atomic E-state index is 11.6. The lowest BCUT2D eigenvalue weighted by Crippen LogP contribution is -2.37. The molecule has 1 atom stereocenters. The Morgan fingerprint density at radius 2 is 2.00 bits per heavy atom. The Balaban J connectivity index is 2.84. The molecule has 0 saturated heterocycles. The predicted molar refractivity (Wildman–Crippen MR) is 70.0 cm³/mol. The van der Waals surface area contributed by atoms with Crippen LogP contribution in [0, 0.1) is 0 Å². The Bertz CT molecular complexity index is 610. The van der Waals surface area contributed by atoms with Crippen LogP contribution in [0.2, 0.25) is 0 Å². The van der Waals surface area contributed by atoms with Gasteiger partial charge in [0, 0.05) is 6.07 Å². The standard InChI is InChI=1S/C10H17N3O7S/c11-4-2-1-3-6(12)10(16)20-13-8(14)5-7(9(13)15)21(17,18)19/h5-6,14-15H,1-4,11-12H2,(H,17,18,19)/t6-/m0/s1. The van der Waals surface area contributed by atoms with Crippen molar-refractivity contribution in [3.63, 3.8) is 0 Å². The van der Waals surface area contributed by atoms with Crippen LogP contribution in [0.5, 0.6) is 11.8 Å². The Morgan fingerprint density at radius 1 is 1.38 bits per heavy atom. The van der Waals surface area contributed by atoms with Crippen molar-refractivity contribution in [2.45, 2.75) is 30.2 Å². The molecule has 0 saturated carbocycles. The minimum Gasteiger partial charge on any atom is -0.492 e. The third-order valence-electron chi connectivity index (χ3n) is 2.61. The summed E-state index contributed by atoms with van der Waals surface area (Å²) in [6.07, 6.45) is 1.50. The van der Waals surface area contributed by atoms with Gasteiger partial charge in [0.05, 0.1) is 0 Å². The average Bonchev–Trinajstić information content (AvgIpc) is 2.66. The monoisotopic (exact) mass is 323 g/mol. The first-order chi connectivity index (χ1) is 9.68. The molecule has 1 aromatic rings. The molecule has 0 aromatic carbocycles. The summed E-state index contributed by atoms with van der Waals surface area (Å²) in [5, 5.41) is 18.9. The van der Waals surface area contributed by atoms with Gasteiger partial charge in [0.2, 0.25) is 5.88 Å². The molecular formula is C10H17N3O7S. The van der Waals surface area contributed by atoms with Crippen LogP contribution in [0.15, 0.2) is 11.0 Å². The molecule has 0 spiro atoms. The Labute approximate surface area is 120 Å². The zero-order chi connectivity index (χ0) is 16.2. The molecule has 0 amide bonds. The van der Waals surface area contributed by atoms with Gasteiger partial charge in [-0.15, -0.1) is 4.73 Å². The van der Waals surface area contributed by atoms with Crippen LogP contribution in [-0.2, 0) is 14.9 Å². The van der Waals surface area contributed by atoms with Crippen molar-refractivity contribution in [1.82, 2.24) is 4.73 Å². The van der Waals surface area contributed by atoms with Crippen molar-refractivity contribution in [1.29, 1.82) is 0 Å². The van der Waals surface area contributed by atoms with E-state index in [0.717, 1.165) is 0 Å². The van der Waals surface area contributed by atoms with E-state index in [0.29, 0.717) is 25.5 Å².